The molecular weight excluding hydrogens is 362 g/mol. The summed E-state index contributed by atoms with van der Waals surface area (Å²) < 4.78 is 5.55. The van der Waals surface area contributed by atoms with Crippen LogP contribution >= 0.6 is 11.8 Å². The summed E-state index contributed by atoms with van der Waals surface area (Å²) in [5, 5.41) is 0. The van der Waals surface area contributed by atoms with Gasteiger partial charge in [-0.1, -0.05) is 0 Å². The Morgan fingerprint density at radius 1 is 1.15 bits per heavy atom. The first-order valence-corrected chi connectivity index (χ1v) is 11.0. The van der Waals surface area contributed by atoms with E-state index in [1.54, 1.807) is 11.8 Å². The van der Waals surface area contributed by atoms with Crippen molar-refractivity contribution in [3.05, 3.63) is 29.1 Å². The van der Waals surface area contributed by atoms with Crippen LogP contribution < -0.4 is 0 Å². The number of aryl methyl sites for hydroxylation is 1. The molecule has 3 aliphatic heterocycles. The van der Waals surface area contributed by atoms with Gasteiger partial charge in [0.15, 0.2) is 0 Å². The van der Waals surface area contributed by atoms with E-state index < -0.39 is 0 Å². The molecule has 3 fully saturated rings. The lowest BCUT2D eigenvalue weighted by Crippen LogP contribution is -2.43. The van der Waals surface area contributed by atoms with Gasteiger partial charge in [-0.05, 0) is 44.7 Å². The van der Waals surface area contributed by atoms with Crippen LogP contribution in [0.2, 0.25) is 0 Å². The van der Waals surface area contributed by atoms with E-state index in [0.717, 1.165) is 60.8 Å². The van der Waals surface area contributed by atoms with E-state index in [9.17, 15) is 9.59 Å². The maximum absolute atomic E-state index is 13.0. The van der Waals surface area contributed by atoms with Crippen molar-refractivity contribution < 1.29 is 14.3 Å². The van der Waals surface area contributed by atoms with Gasteiger partial charge in [-0.3, -0.25) is 14.6 Å². The van der Waals surface area contributed by atoms with Crippen molar-refractivity contribution in [3.63, 3.8) is 0 Å². The lowest BCUT2D eigenvalue weighted by Gasteiger charge is -2.34. The second-order valence-electron chi connectivity index (χ2n) is 7.59. The van der Waals surface area contributed by atoms with Gasteiger partial charge in [-0.15, -0.1) is 11.8 Å². The van der Waals surface area contributed by atoms with Crippen LogP contribution in [0.25, 0.3) is 0 Å². The van der Waals surface area contributed by atoms with Crippen LogP contribution in [-0.2, 0) is 9.53 Å². The highest BCUT2D eigenvalue weighted by molar-refractivity contribution is 7.99. The Bertz CT molecular complexity index is 706. The molecular formula is C20H27N3O3S. The Labute approximate surface area is 164 Å². The second kappa shape index (κ2) is 8.19. The van der Waals surface area contributed by atoms with Crippen LogP contribution in [0.1, 0.15) is 53.3 Å². The number of hydrogen-bond acceptors (Lipinski definition) is 5. The minimum absolute atomic E-state index is 0.0976. The number of rotatable bonds is 3. The normalized spacial score (nSPS) is 23.8. The van der Waals surface area contributed by atoms with Gasteiger partial charge in [0.2, 0.25) is 0 Å². The lowest BCUT2D eigenvalue weighted by atomic mass is 9.89. The Morgan fingerprint density at radius 2 is 1.96 bits per heavy atom. The first-order valence-electron chi connectivity index (χ1n) is 9.88. The van der Waals surface area contributed by atoms with Crippen molar-refractivity contribution in [1.82, 2.24) is 14.8 Å². The third-order valence-electron chi connectivity index (χ3n) is 5.73. The maximum atomic E-state index is 13.0. The summed E-state index contributed by atoms with van der Waals surface area (Å²) >= 11 is 1.79. The van der Waals surface area contributed by atoms with Gasteiger partial charge in [0, 0.05) is 43.6 Å². The van der Waals surface area contributed by atoms with E-state index in [-0.39, 0.29) is 23.8 Å². The summed E-state index contributed by atoms with van der Waals surface area (Å²) in [5.74, 6) is 2.23. The van der Waals surface area contributed by atoms with Gasteiger partial charge in [0.25, 0.3) is 11.8 Å². The maximum Gasteiger partial charge on any atom is 0.256 e. The average molecular weight is 390 g/mol. The van der Waals surface area contributed by atoms with Gasteiger partial charge in [-0.25, -0.2) is 0 Å². The van der Waals surface area contributed by atoms with E-state index in [1.165, 1.54) is 0 Å². The highest BCUT2D eigenvalue weighted by Gasteiger charge is 2.33. The third kappa shape index (κ3) is 3.99. The van der Waals surface area contributed by atoms with Gasteiger partial charge in [0.1, 0.15) is 6.10 Å². The summed E-state index contributed by atoms with van der Waals surface area (Å²) in [4.78, 5) is 34.1. The quantitative estimate of drug-likeness (QED) is 0.794. The number of amides is 2. The number of pyridine rings is 1. The van der Waals surface area contributed by atoms with Crippen molar-refractivity contribution in [3.8, 4) is 0 Å². The average Bonchev–Trinajstić information content (AvgIpc) is 3.41. The first kappa shape index (κ1) is 18.7. The summed E-state index contributed by atoms with van der Waals surface area (Å²) in [7, 11) is 0. The Morgan fingerprint density at radius 3 is 2.63 bits per heavy atom. The number of piperidine rings is 1. The molecule has 3 aliphatic rings. The van der Waals surface area contributed by atoms with E-state index in [1.807, 2.05) is 28.9 Å². The smallest absolute Gasteiger partial charge is 0.256 e. The zero-order valence-corrected chi connectivity index (χ0v) is 16.7. The molecule has 3 saturated heterocycles. The molecule has 6 nitrogen and oxygen atoms in total. The van der Waals surface area contributed by atoms with Crippen LogP contribution in [0, 0.1) is 6.92 Å². The van der Waals surface area contributed by atoms with E-state index >= 15 is 0 Å². The molecule has 1 aromatic heterocycles. The van der Waals surface area contributed by atoms with Crippen molar-refractivity contribution in [2.24, 2.45) is 0 Å². The number of likely N-dealkylation sites (tertiary alicyclic amines) is 1. The molecule has 1 atom stereocenters. The minimum atomic E-state index is -0.247. The molecule has 0 radical (unpaired) electrons. The number of carbonyl (C=O) groups excluding carboxylic acids is 2. The fraction of sp³-hybridized carbons (Fsp3) is 0.650. The van der Waals surface area contributed by atoms with Gasteiger partial charge in [-0.2, -0.15) is 0 Å². The van der Waals surface area contributed by atoms with Crippen molar-refractivity contribution in [1.29, 1.82) is 0 Å². The monoisotopic (exact) mass is 389 g/mol. The SMILES string of the molecule is Cc1ccc(C(=O)N2CCSC2)c(C2CCN(C(=O)[C@@H]3CCCO3)CC2)n1. The number of thioether (sulfide) groups is 1. The molecule has 4 rings (SSSR count). The number of hydrogen-bond donors (Lipinski definition) is 0. The molecule has 7 heteroatoms. The topological polar surface area (TPSA) is 62.7 Å². The molecule has 2 amide bonds. The van der Waals surface area contributed by atoms with Crippen LogP contribution in [0.15, 0.2) is 12.1 Å². The fourth-order valence-electron chi connectivity index (χ4n) is 4.16. The summed E-state index contributed by atoms with van der Waals surface area (Å²) in [6.45, 7) is 4.91. The molecule has 0 aliphatic carbocycles. The van der Waals surface area contributed by atoms with E-state index in [0.29, 0.717) is 19.7 Å². The number of carbonyl (C=O) groups is 2. The van der Waals surface area contributed by atoms with E-state index in [4.69, 9.17) is 9.72 Å². The zero-order valence-electron chi connectivity index (χ0n) is 15.9. The molecule has 0 N–H and O–H groups in total. The summed E-state index contributed by atoms with van der Waals surface area (Å²) in [6, 6.07) is 3.86. The Hall–Kier alpha value is -1.60. The molecule has 0 saturated carbocycles. The summed E-state index contributed by atoms with van der Waals surface area (Å²) in [6.07, 6.45) is 3.27. The molecule has 0 aromatic carbocycles. The van der Waals surface area contributed by atoms with Gasteiger partial charge >= 0.3 is 0 Å². The van der Waals surface area contributed by atoms with Crippen LogP contribution in [0.4, 0.5) is 0 Å². The van der Waals surface area contributed by atoms with Crippen molar-refractivity contribution >= 4 is 23.6 Å². The minimum Gasteiger partial charge on any atom is -0.368 e. The Balaban J connectivity index is 1.46. The lowest BCUT2D eigenvalue weighted by molar-refractivity contribution is -0.142. The van der Waals surface area contributed by atoms with Gasteiger partial charge < -0.3 is 14.5 Å². The molecule has 0 bridgehead atoms. The van der Waals surface area contributed by atoms with Crippen LogP contribution in [-0.4, -0.2) is 70.6 Å². The van der Waals surface area contributed by atoms with Crippen molar-refractivity contribution in [2.45, 2.75) is 44.6 Å². The van der Waals surface area contributed by atoms with E-state index in [2.05, 4.69) is 0 Å². The first-order chi connectivity index (χ1) is 13.1. The zero-order chi connectivity index (χ0) is 18.8. The molecule has 4 heterocycles. The fourth-order valence-corrected chi connectivity index (χ4v) is 5.11. The predicted octanol–water partition coefficient (Wildman–Crippen LogP) is 2.42. The molecule has 27 heavy (non-hydrogen) atoms. The molecule has 0 unspecified atom stereocenters. The molecule has 1 aromatic rings. The highest BCUT2D eigenvalue weighted by Crippen LogP contribution is 2.31. The second-order valence-corrected chi connectivity index (χ2v) is 8.67. The number of nitrogens with zero attached hydrogens (tertiary/aromatic N) is 3. The summed E-state index contributed by atoms with van der Waals surface area (Å²) in [5.41, 5.74) is 2.60. The number of ether oxygens (including phenoxy) is 1. The highest BCUT2D eigenvalue weighted by atomic mass is 32.2. The van der Waals surface area contributed by atoms with Crippen LogP contribution in [0.5, 0.6) is 0 Å². The Kier molecular flexibility index (Phi) is 5.68. The van der Waals surface area contributed by atoms with Crippen LogP contribution in [0.3, 0.4) is 0 Å². The number of aromatic nitrogens is 1. The predicted molar refractivity (Wildman–Crippen MR) is 105 cm³/mol. The van der Waals surface area contributed by atoms with Crippen molar-refractivity contribution in [2.75, 3.05) is 37.9 Å². The third-order valence-corrected chi connectivity index (χ3v) is 6.70. The van der Waals surface area contributed by atoms with Gasteiger partial charge in [0.05, 0.1) is 17.1 Å². The molecule has 0 spiro atoms. The standard InChI is InChI=1S/C20H27N3O3S/c1-14-4-5-16(19(24)23-10-12-27-13-23)18(21-14)15-6-8-22(9-7-15)20(25)17-3-2-11-26-17/h4-5,15,17H,2-3,6-13H2,1H3/t17-/m0/s1. The molecule has 146 valence electrons. The largest absolute Gasteiger partial charge is 0.368 e.